The molecule has 0 atom stereocenters. The summed E-state index contributed by atoms with van der Waals surface area (Å²) in [5, 5.41) is 7.21. The van der Waals surface area contributed by atoms with Crippen LogP contribution in [0.2, 0.25) is 0 Å². The molecule has 5 nitrogen and oxygen atoms in total. The summed E-state index contributed by atoms with van der Waals surface area (Å²) >= 11 is 5.71. The molecule has 30 heavy (non-hydrogen) atoms. The summed E-state index contributed by atoms with van der Waals surface area (Å²) in [6, 6.07) is 22.9. The first-order chi connectivity index (χ1) is 14.6. The highest BCUT2D eigenvalue weighted by Gasteiger charge is 2.13. The van der Waals surface area contributed by atoms with E-state index in [1.54, 1.807) is 7.11 Å². The van der Waals surface area contributed by atoms with Crippen LogP contribution in [0.1, 0.15) is 12.5 Å². The molecule has 0 bridgehead atoms. The molecule has 0 aliphatic heterocycles. The Kier molecular flexibility index (Phi) is 5.97. The number of hydrogen-bond donors (Lipinski definition) is 0. The van der Waals surface area contributed by atoms with E-state index >= 15 is 0 Å². The highest BCUT2D eigenvalue weighted by Crippen LogP contribution is 2.23. The third-order valence-electron chi connectivity index (χ3n) is 5.21. The fraction of sp³-hybridized carbons (Fsp3) is 0.250. The summed E-state index contributed by atoms with van der Waals surface area (Å²) in [5.41, 5.74) is 2.33. The van der Waals surface area contributed by atoms with Crippen molar-refractivity contribution in [1.82, 2.24) is 19.2 Å². The van der Waals surface area contributed by atoms with Crippen molar-refractivity contribution in [3.63, 3.8) is 0 Å². The van der Waals surface area contributed by atoms with Crippen LogP contribution >= 0.6 is 12.2 Å². The molecule has 154 valence electrons. The Morgan fingerprint density at radius 1 is 1.00 bits per heavy atom. The van der Waals surface area contributed by atoms with Crippen LogP contribution in [0, 0.1) is 4.77 Å². The lowest BCUT2D eigenvalue weighted by molar-refractivity contribution is 0.244. The second-order valence-electron chi connectivity index (χ2n) is 7.42. The first-order valence-corrected chi connectivity index (χ1v) is 10.5. The molecular formula is C24H26N4OS. The number of hydrogen-bond acceptors (Lipinski definition) is 4. The molecule has 0 N–H and O–H groups in total. The summed E-state index contributed by atoms with van der Waals surface area (Å²) in [5.74, 6) is 1.79. The topological polar surface area (TPSA) is 35.2 Å². The van der Waals surface area contributed by atoms with Gasteiger partial charge in [0.25, 0.3) is 0 Å². The summed E-state index contributed by atoms with van der Waals surface area (Å²) in [4.78, 5) is 2.22. The average Bonchev–Trinajstić information content (AvgIpc) is 3.09. The molecule has 1 aromatic heterocycles. The van der Waals surface area contributed by atoms with Crippen molar-refractivity contribution in [1.29, 1.82) is 0 Å². The number of fused-ring (bicyclic) bond motifs is 1. The Hall–Kier alpha value is -2.96. The van der Waals surface area contributed by atoms with Gasteiger partial charge in [0.05, 0.1) is 13.8 Å². The van der Waals surface area contributed by atoms with E-state index in [4.69, 9.17) is 22.1 Å². The van der Waals surface area contributed by atoms with Gasteiger partial charge in [-0.15, -0.1) is 0 Å². The lowest BCUT2D eigenvalue weighted by Crippen LogP contribution is -2.22. The van der Waals surface area contributed by atoms with Gasteiger partial charge in [0.2, 0.25) is 0 Å². The molecule has 0 unspecified atom stereocenters. The number of benzene rings is 3. The first kappa shape index (κ1) is 20.3. The van der Waals surface area contributed by atoms with Crippen LogP contribution < -0.4 is 4.74 Å². The van der Waals surface area contributed by atoms with E-state index in [0.29, 0.717) is 6.67 Å². The van der Waals surface area contributed by atoms with Crippen molar-refractivity contribution in [2.24, 2.45) is 0 Å². The van der Waals surface area contributed by atoms with Crippen LogP contribution in [0.4, 0.5) is 0 Å². The van der Waals surface area contributed by atoms with Crippen molar-refractivity contribution < 1.29 is 4.74 Å². The van der Waals surface area contributed by atoms with Crippen LogP contribution in [-0.4, -0.2) is 33.4 Å². The number of aromatic nitrogens is 3. The van der Waals surface area contributed by atoms with E-state index < -0.39 is 0 Å². The lowest BCUT2D eigenvalue weighted by atomic mass is 10.1. The number of ether oxygens (including phenoxy) is 1. The minimum atomic E-state index is 0.631. The standard InChI is InChI=1S/C24H26N4OS/c1-4-27-23(19-8-6-5-7-9-19)25-28(24(27)30)17-26(2)16-18-10-11-21-15-22(29-3)13-12-20(21)14-18/h5-15H,4,16-17H2,1-3H3. The van der Waals surface area contributed by atoms with Gasteiger partial charge < -0.3 is 9.30 Å². The molecule has 0 aliphatic rings. The summed E-state index contributed by atoms with van der Waals surface area (Å²) in [7, 11) is 3.78. The van der Waals surface area contributed by atoms with Crippen LogP contribution in [0.5, 0.6) is 5.75 Å². The van der Waals surface area contributed by atoms with Crippen molar-refractivity contribution in [3.8, 4) is 17.1 Å². The Bertz CT molecular complexity index is 1210. The SMILES string of the molecule is CCn1c(-c2ccccc2)nn(CN(C)Cc2ccc3cc(OC)ccc3c2)c1=S. The number of methoxy groups -OCH3 is 1. The number of nitrogens with zero attached hydrogens (tertiary/aromatic N) is 4. The molecule has 1 heterocycles. The van der Waals surface area contributed by atoms with E-state index in [-0.39, 0.29) is 0 Å². The van der Waals surface area contributed by atoms with Crippen LogP contribution in [0.3, 0.4) is 0 Å². The van der Waals surface area contributed by atoms with E-state index in [9.17, 15) is 0 Å². The second kappa shape index (κ2) is 8.81. The maximum atomic E-state index is 5.71. The molecule has 0 saturated carbocycles. The van der Waals surface area contributed by atoms with Crippen LogP contribution in [0.25, 0.3) is 22.2 Å². The second-order valence-corrected chi connectivity index (χ2v) is 7.78. The monoisotopic (exact) mass is 418 g/mol. The predicted molar refractivity (Wildman–Crippen MR) is 124 cm³/mol. The summed E-state index contributed by atoms with van der Waals surface area (Å²) < 4.78 is 10.1. The zero-order valence-electron chi connectivity index (χ0n) is 17.6. The Labute approximate surface area is 182 Å². The smallest absolute Gasteiger partial charge is 0.199 e. The molecule has 4 rings (SSSR count). The number of rotatable bonds is 7. The average molecular weight is 419 g/mol. The maximum absolute atomic E-state index is 5.71. The van der Waals surface area contributed by atoms with Gasteiger partial charge in [-0.05, 0) is 60.7 Å². The molecule has 0 spiro atoms. The van der Waals surface area contributed by atoms with Gasteiger partial charge in [-0.2, -0.15) is 5.10 Å². The highest BCUT2D eigenvalue weighted by molar-refractivity contribution is 7.71. The zero-order chi connectivity index (χ0) is 21.1. The molecule has 0 amide bonds. The van der Waals surface area contributed by atoms with Gasteiger partial charge in [-0.25, -0.2) is 4.68 Å². The maximum Gasteiger partial charge on any atom is 0.199 e. The zero-order valence-corrected chi connectivity index (χ0v) is 18.4. The van der Waals surface area contributed by atoms with Gasteiger partial charge in [-0.1, -0.05) is 48.5 Å². The van der Waals surface area contributed by atoms with Gasteiger partial charge >= 0.3 is 0 Å². The summed E-state index contributed by atoms with van der Waals surface area (Å²) in [6.07, 6.45) is 0. The molecule has 3 aromatic carbocycles. The minimum Gasteiger partial charge on any atom is -0.497 e. The fourth-order valence-corrected chi connectivity index (χ4v) is 4.02. The third-order valence-corrected chi connectivity index (χ3v) is 5.64. The molecule has 4 aromatic rings. The molecule has 0 fully saturated rings. The van der Waals surface area contributed by atoms with Gasteiger partial charge in [0.15, 0.2) is 10.6 Å². The van der Waals surface area contributed by atoms with E-state index in [0.717, 1.165) is 35.0 Å². The lowest BCUT2D eigenvalue weighted by Gasteiger charge is -2.17. The third kappa shape index (κ3) is 4.15. The first-order valence-electron chi connectivity index (χ1n) is 10.1. The molecule has 0 aliphatic carbocycles. The quantitative estimate of drug-likeness (QED) is 0.379. The molecule has 6 heteroatoms. The molecule has 0 saturated heterocycles. The molecule has 0 radical (unpaired) electrons. The molecular weight excluding hydrogens is 392 g/mol. The van der Waals surface area contributed by atoms with Crippen molar-refractivity contribution in [2.45, 2.75) is 26.7 Å². The van der Waals surface area contributed by atoms with Gasteiger partial charge in [0, 0.05) is 18.7 Å². The normalized spacial score (nSPS) is 11.3. The van der Waals surface area contributed by atoms with Crippen LogP contribution in [-0.2, 0) is 19.8 Å². The van der Waals surface area contributed by atoms with Crippen molar-refractivity contribution in [3.05, 3.63) is 77.1 Å². The van der Waals surface area contributed by atoms with E-state index in [1.165, 1.54) is 16.3 Å². The summed E-state index contributed by atoms with van der Waals surface area (Å²) in [6.45, 7) is 4.33. The van der Waals surface area contributed by atoms with E-state index in [2.05, 4.69) is 65.9 Å². The minimum absolute atomic E-state index is 0.631. The largest absolute Gasteiger partial charge is 0.497 e. The highest BCUT2D eigenvalue weighted by atomic mass is 32.1. The van der Waals surface area contributed by atoms with Gasteiger partial charge in [-0.3, -0.25) is 4.90 Å². The van der Waals surface area contributed by atoms with Gasteiger partial charge in [0.1, 0.15) is 5.75 Å². The Morgan fingerprint density at radius 3 is 2.47 bits per heavy atom. The van der Waals surface area contributed by atoms with Crippen molar-refractivity contribution >= 4 is 23.0 Å². The van der Waals surface area contributed by atoms with Crippen molar-refractivity contribution in [2.75, 3.05) is 14.2 Å². The van der Waals surface area contributed by atoms with Crippen LogP contribution in [0.15, 0.2) is 66.7 Å². The Balaban J connectivity index is 1.54. The predicted octanol–water partition coefficient (Wildman–Crippen LogP) is 5.35. The fourth-order valence-electron chi connectivity index (χ4n) is 3.71. The Morgan fingerprint density at radius 2 is 1.73 bits per heavy atom. The van der Waals surface area contributed by atoms with E-state index in [1.807, 2.05) is 28.9 Å².